The molecular weight excluding hydrogens is 398 g/mol. The Kier molecular flexibility index (Phi) is 5.29. The monoisotopic (exact) mass is 419 g/mol. The molecule has 0 aliphatic heterocycles. The normalized spacial score (nSPS) is 11.4. The van der Waals surface area contributed by atoms with Crippen molar-refractivity contribution in [2.24, 2.45) is 0 Å². The molecule has 6 nitrogen and oxygen atoms in total. The molecule has 0 aliphatic carbocycles. The average molecular weight is 420 g/mol. The average Bonchev–Trinajstić information content (AvgIpc) is 3.20. The number of nitrogens with zero attached hydrogens (tertiary/aromatic N) is 3. The third kappa shape index (κ3) is 3.92. The lowest BCUT2D eigenvalue weighted by atomic mass is 10.2. The fourth-order valence-corrected chi connectivity index (χ4v) is 4.54. The molecule has 0 atom stereocenters. The molecule has 0 saturated heterocycles. The summed E-state index contributed by atoms with van der Waals surface area (Å²) in [4.78, 5) is 0.125. The number of phenols is 1. The molecule has 1 aromatic heterocycles. The van der Waals surface area contributed by atoms with Gasteiger partial charge in [-0.3, -0.25) is 8.99 Å². The fourth-order valence-electron chi connectivity index (χ4n) is 3.19. The van der Waals surface area contributed by atoms with E-state index in [0.29, 0.717) is 17.9 Å². The number of aromatic nitrogens is 2. The first-order valence-electron chi connectivity index (χ1n) is 9.40. The minimum absolute atomic E-state index is 0.0743. The van der Waals surface area contributed by atoms with Crippen LogP contribution in [0.15, 0.2) is 96.0 Å². The maximum Gasteiger partial charge on any atom is 0.267 e. The number of hydrogen-bond acceptors (Lipinski definition) is 4. The minimum Gasteiger partial charge on any atom is -0.508 e. The lowest BCUT2D eigenvalue weighted by Gasteiger charge is -2.19. The van der Waals surface area contributed by atoms with E-state index in [0.717, 1.165) is 11.1 Å². The van der Waals surface area contributed by atoms with Gasteiger partial charge in [-0.05, 0) is 29.8 Å². The van der Waals surface area contributed by atoms with Crippen LogP contribution in [0.4, 0.5) is 5.69 Å². The summed E-state index contributed by atoms with van der Waals surface area (Å²) in [5.74, 6) is 0.0743. The van der Waals surface area contributed by atoms with Crippen LogP contribution in [0.25, 0.3) is 11.3 Å². The molecule has 0 saturated carbocycles. The summed E-state index contributed by atoms with van der Waals surface area (Å²) >= 11 is 0. The molecule has 0 bridgehead atoms. The molecule has 152 valence electrons. The van der Waals surface area contributed by atoms with Crippen LogP contribution in [0.1, 0.15) is 5.56 Å². The number of hydrogen-bond donors (Lipinski definition) is 1. The molecule has 0 spiro atoms. The zero-order valence-corrected chi connectivity index (χ0v) is 17.2. The Morgan fingerprint density at radius 2 is 1.50 bits per heavy atom. The van der Waals surface area contributed by atoms with Crippen LogP contribution in [0.5, 0.6) is 5.75 Å². The van der Waals surface area contributed by atoms with Gasteiger partial charge in [0.2, 0.25) is 0 Å². The highest BCUT2D eigenvalue weighted by atomic mass is 32.2. The summed E-state index contributed by atoms with van der Waals surface area (Å²) in [6.07, 6.45) is 1.57. The minimum atomic E-state index is -3.89. The van der Waals surface area contributed by atoms with Crippen LogP contribution in [0.3, 0.4) is 0 Å². The summed E-state index contributed by atoms with van der Waals surface area (Å²) in [5, 5.41) is 14.1. The smallest absolute Gasteiger partial charge is 0.267 e. The molecule has 4 aromatic rings. The van der Waals surface area contributed by atoms with E-state index in [-0.39, 0.29) is 10.6 Å². The van der Waals surface area contributed by atoms with Crippen LogP contribution in [0.2, 0.25) is 0 Å². The van der Waals surface area contributed by atoms with Gasteiger partial charge in [0.15, 0.2) is 0 Å². The van der Waals surface area contributed by atoms with Crippen LogP contribution >= 0.6 is 0 Å². The number of anilines is 1. The Hall–Kier alpha value is -3.58. The van der Waals surface area contributed by atoms with Crippen molar-refractivity contribution in [3.05, 3.63) is 96.7 Å². The van der Waals surface area contributed by atoms with Gasteiger partial charge in [0.05, 0.1) is 12.2 Å². The van der Waals surface area contributed by atoms with Crippen LogP contribution in [-0.2, 0) is 16.6 Å². The van der Waals surface area contributed by atoms with Crippen LogP contribution < -0.4 is 4.31 Å². The molecule has 0 fully saturated rings. The second kappa shape index (κ2) is 8.04. The number of phenolic OH excluding ortho intramolecular Hbond substituents is 1. The van der Waals surface area contributed by atoms with Gasteiger partial charge in [0, 0.05) is 18.8 Å². The van der Waals surface area contributed by atoms with E-state index in [1.54, 1.807) is 23.0 Å². The van der Waals surface area contributed by atoms with Crippen molar-refractivity contribution in [3.63, 3.8) is 0 Å². The number of aromatic hydroxyl groups is 1. The van der Waals surface area contributed by atoms with Crippen molar-refractivity contribution in [2.75, 3.05) is 11.4 Å². The Morgan fingerprint density at radius 3 is 2.13 bits per heavy atom. The van der Waals surface area contributed by atoms with E-state index in [4.69, 9.17) is 0 Å². The van der Waals surface area contributed by atoms with E-state index >= 15 is 0 Å². The molecular formula is C23H21N3O3S. The fraction of sp³-hybridized carbons (Fsp3) is 0.0870. The molecule has 7 heteroatoms. The molecule has 1 heterocycles. The first-order chi connectivity index (χ1) is 14.4. The van der Waals surface area contributed by atoms with Gasteiger partial charge >= 0.3 is 0 Å². The highest BCUT2D eigenvalue weighted by Crippen LogP contribution is 2.31. The van der Waals surface area contributed by atoms with Crippen molar-refractivity contribution in [2.45, 2.75) is 11.4 Å². The molecule has 0 unspecified atom stereocenters. The number of rotatable bonds is 6. The summed E-state index contributed by atoms with van der Waals surface area (Å²) in [7, 11) is -2.40. The standard InChI is InChI=1S/C23H21N3O3S/c1-25(20-12-14-21(27)15-13-20)30(28,29)22-17-26(16-18-8-4-2-5-9-18)24-23(22)19-10-6-3-7-11-19/h2-15,17,27H,16H2,1H3. The number of benzene rings is 3. The molecule has 0 aliphatic rings. The van der Waals surface area contributed by atoms with Gasteiger partial charge in [-0.15, -0.1) is 0 Å². The first-order valence-corrected chi connectivity index (χ1v) is 10.8. The number of sulfonamides is 1. The van der Waals surface area contributed by atoms with Crippen molar-refractivity contribution < 1.29 is 13.5 Å². The highest BCUT2D eigenvalue weighted by Gasteiger charge is 2.28. The maximum atomic E-state index is 13.5. The zero-order valence-electron chi connectivity index (χ0n) is 16.4. The van der Waals surface area contributed by atoms with Crippen LogP contribution in [-0.4, -0.2) is 30.4 Å². The van der Waals surface area contributed by atoms with Gasteiger partial charge in [0.1, 0.15) is 16.3 Å². The lowest BCUT2D eigenvalue weighted by Crippen LogP contribution is -2.26. The maximum absolute atomic E-state index is 13.5. The van der Waals surface area contributed by atoms with Gasteiger partial charge < -0.3 is 5.11 Å². The van der Waals surface area contributed by atoms with Gasteiger partial charge in [-0.2, -0.15) is 5.10 Å². The second-order valence-corrected chi connectivity index (χ2v) is 8.82. The molecule has 30 heavy (non-hydrogen) atoms. The third-order valence-corrected chi connectivity index (χ3v) is 6.60. The van der Waals surface area contributed by atoms with E-state index in [1.165, 1.54) is 23.5 Å². The van der Waals surface area contributed by atoms with E-state index in [2.05, 4.69) is 5.10 Å². The van der Waals surface area contributed by atoms with Gasteiger partial charge in [0.25, 0.3) is 10.0 Å². The van der Waals surface area contributed by atoms with Crippen molar-refractivity contribution in [3.8, 4) is 17.0 Å². The summed E-state index contributed by atoms with van der Waals surface area (Å²) < 4.78 is 29.8. The Balaban J connectivity index is 1.79. The van der Waals surface area contributed by atoms with E-state index in [1.807, 2.05) is 60.7 Å². The molecule has 4 rings (SSSR count). The Morgan fingerprint density at radius 1 is 0.900 bits per heavy atom. The van der Waals surface area contributed by atoms with E-state index in [9.17, 15) is 13.5 Å². The van der Waals surface area contributed by atoms with Crippen molar-refractivity contribution in [1.82, 2.24) is 9.78 Å². The predicted molar refractivity (Wildman–Crippen MR) is 117 cm³/mol. The van der Waals surface area contributed by atoms with E-state index < -0.39 is 10.0 Å². The molecule has 0 amide bonds. The third-order valence-electron chi connectivity index (χ3n) is 4.81. The van der Waals surface area contributed by atoms with Crippen molar-refractivity contribution >= 4 is 15.7 Å². The topological polar surface area (TPSA) is 75.4 Å². The largest absolute Gasteiger partial charge is 0.508 e. The molecule has 0 radical (unpaired) electrons. The van der Waals surface area contributed by atoms with Crippen LogP contribution in [0, 0.1) is 0 Å². The summed E-state index contributed by atoms with van der Waals surface area (Å²) in [6.45, 7) is 0.457. The predicted octanol–water partition coefficient (Wildman–Crippen LogP) is 4.13. The summed E-state index contributed by atoms with van der Waals surface area (Å²) in [6, 6.07) is 25.1. The highest BCUT2D eigenvalue weighted by molar-refractivity contribution is 7.93. The Bertz CT molecular complexity index is 1240. The first kappa shape index (κ1) is 19.7. The molecule has 3 aromatic carbocycles. The van der Waals surface area contributed by atoms with Gasteiger partial charge in [-0.1, -0.05) is 60.7 Å². The molecule has 1 N–H and O–H groups in total. The van der Waals surface area contributed by atoms with Gasteiger partial charge in [-0.25, -0.2) is 8.42 Å². The quantitative estimate of drug-likeness (QED) is 0.510. The summed E-state index contributed by atoms with van der Waals surface area (Å²) in [5.41, 5.74) is 2.59. The SMILES string of the molecule is CN(c1ccc(O)cc1)S(=O)(=O)c1cn(Cc2ccccc2)nc1-c1ccccc1. The second-order valence-electron chi connectivity index (χ2n) is 6.88. The zero-order chi connectivity index (χ0) is 21.1. The lowest BCUT2D eigenvalue weighted by molar-refractivity contribution is 0.475. The Labute approximate surface area is 175 Å². The van der Waals surface area contributed by atoms with Crippen molar-refractivity contribution in [1.29, 1.82) is 0 Å².